The van der Waals surface area contributed by atoms with Crippen LogP contribution < -0.4 is 10.2 Å². The van der Waals surface area contributed by atoms with Gasteiger partial charge in [0.05, 0.1) is 13.2 Å². The molecule has 1 spiro atoms. The Morgan fingerprint density at radius 3 is 2.59 bits per heavy atom. The van der Waals surface area contributed by atoms with Crippen LogP contribution in [-0.4, -0.2) is 48.1 Å². The second-order valence-corrected chi connectivity index (χ2v) is 6.46. The molecule has 0 radical (unpaired) electrons. The molecule has 2 saturated heterocycles. The number of hydrogen-bond donors (Lipinski definition) is 1. The quantitative estimate of drug-likeness (QED) is 0.923. The van der Waals surface area contributed by atoms with Crippen LogP contribution in [0.1, 0.15) is 38.5 Å². The van der Waals surface area contributed by atoms with Gasteiger partial charge in [-0.2, -0.15) is 4.98 Å². The van der Waals surface area contributed by atoms with E-state index in [-0.39, 0.29) is 5.79 Å². The fourth-order valence-corrected chi connectivity index (χ4v) is 3.71. The average molecular weight is 304 g/mol. The van der Waals surface area contributed by atoms with E-state index < -0.39 is 0 Å². The molecular formula is C16H24N4O2. The highest BCUT2D eigenvalue weighted by molar-refractivity contribution is 5.43. The van der Waals surface area contributed by atoms with Crippen LogP contribution in [0.25, 0.3) is 0 Å². The van der Waals surface area contributed by atoms with Crippen LogP contribution in [0, 0.1) is 0 Å². The number of piperidine rings is 1. The highest BCUT2D eigenvalue weighted by Crippen LogP contribution is 2.32. The van der Waals surface area contributed by atoms with E-state index in [9.17, 15) is 0 Å². The van der Waals surface area contributed by atoms with Crippen LogP contribution in [0.5, 0.6) is 0 Å². The Kier molecular flexibility index (Phi) is 3.88. The molecule has 22 heavy (non-hydrogen) atoms. The highest BCUT2D eigenvalue weighted by atomic mass is 16.7. The van der Waals surface area contributed by atoms with Gasteiger partial charge in [-0.25, -0.2) is 4.98 Å². The zero-order valence-corrected chi connectivity index (χ0v) is 13.0. The van der Waals surface area contributed by atoms with Crippen molar-refractivity contribution in [2.24, 2.45) is 0 Å². The molecule has 0 unspecified atom stereocenters. The van der Waals surface area contributed by atoms with Crippen molar-refractivity contribution in [3.05, 3.63) is 12.3 Å². The molecule has 0 atom stereocenters. The normalized spacial score (nSPS) is 25.0. The summed E-state index contributed by atoms with van der Waals surface area (Å²) in [5, 5.41) is 3.47. The molecule has 4 rings (SSSR count). The summed E-state index contributed by atoms with van der Waals surface area (Å²) >= 11 is 0. The second-order valence-electron chi connectivity index (χ2n) is 6.46. The lowest BCUT2D eigenvalue weighted by Gasteiger charge is -2.38. The minimum absolute atomic E-state index is 0.325. The molecule has 0 bridgehead atoms. The Balaban J connectivity index is 1.40. The van der Waals surface area contributed by atoms with Gasteiger partial charge in [-0.15, -0.1) is 0 Å². The van der Waals surface area contributed by atoms with Crippen molar-refractivity contribution < 1.29 is 9.47 Å². The van der Waals surface area contributed by atoms with Gasteiger partial charge in [0.2, 0.25) is 5.95 Å². The third kappa shape index (κ3) is 2.90. The average Bonchev–Trinajstić information content (AvgIpc) is 3.21. The first-order valence-corrected chi connectivity index (χ1v) is 8.45. The van der Waals surface area contributed by atoms with E-state index in [0.29, 0.717) is 6.04 Å². The standard InChI is InChI=1S/C16H24N4O2/c1-2-4-13(3-1)18-15-17-8-5-14(19-15)20-9-6-16(7-10-20)21-11-12-22-16/h5,8,13H,1-4,6-7,9-12H2,(H,17,18,19). The van der Waals surface area contributed by atoms with Crippen molar-refractivity contribution in [2.45, 2.75) is 50.4 Å². The lowest BCUT2D eigenvalue weighted by Crippen LogP contribution is -2.45. The van der Waals surface area contributed by atoms with Crippen LogP contribution in [0.3, 0.4) is 0 Å². The largest absolute Gasteiger partial charge is 0.356 e. The fourth-order valence-electron chi connectivity index (χ4n) is 3.71. The van der Waals surface area contributed by atoms with Crippen LogP contribution in [0.2, 0.25) is 0 Å². The summed E-state index contributed by atoms with van der Waals surface area (Å²) in [7, 11) is 0. The molecule has 0 aromatic carbocycles. The third-order valence-electron chi connectivity index (χ3n) is 4.99. The van der Waals surface area contributed by atoms with Gasteiger partial charge >= 0.3 is 0 Å². The van der Waals surface area contributed by atoms with Gasteiger partial charge in [-0.1, -0.05) is 12.8 Å². The van der Waals surface area contributed by atoms with Crippen molar-refractivity contribution in [1.82, 2.24) is 9.97 Å². The van der Waals surface area contributed by atoms with Gasteiger partial charge in [0.25, 0.3) is 0 Å². The number of nitrogens with one attached hydrogen (secondary N) is 1. The number of rotatable bonds is 3. The molecule has 6 nitrogen and oxygen atoms in total. The molecule has 3 heterocycles. The molecule has 1 aromatic rings. The third-order valence-corrected chi connectivity index (χ3v) is 4.99. The maximum Gasteiger partial charge on any atom is 0.224 e. The molecule has 6 heteroatoms. The van der Waals surface area contributed by atoms with Gasteiger partial charge in [-0.3, -0.25) is 0 Å². The monoisotopic (exact) mass is 304 g/mol. The summed E-state index contributed by atoms with van der Waals surface area (Å²) < 4.78 is 11.6. The lowest BCUT2D eigenvalue weighted by molar-refractivity contribution is -0.169. The Morgan fingerprint density at radius 2 is 1.86 bits per heavy atom. The van der Waals surface area contributed by atoms with E-state index in [1.54, 1.807) is 0 Å². The zero-order chi connectivity index (χ0) is 14.8. The predicted octanol–water partition coefficient (Wildman–Crippen LogP) is 2.17. The fraction of sp³-hybridized carbons (Fsp3) is 0.750. The molecule has 1 aromatic heterocycles. The van der Waals surface area contributed by atoms with E-state index in [2.05, 4.69) is 15.2 Å². The Hall–Kier alpha value is -1.40. The lowest BCUT2D eigenvalue weighted by atomic mass is 10.0. The van der Waals surface area contributed by atoms with E-state index in [4.69, 9.17) is 14.5 Å². The molecule has 1 N–H and O–H groups in total. The summed E-state index contributed by atoms with van der Waals surface area (Å²) in [6, 6.07) is 2.54. The molecule has 120 valence electrons. The van der Waals surface area contributed by atoms with E-state index in [0.717, 1.165) is 50.9 Å². The number of hydrogen-bond acceptors (Lipinski definition) is 6. The van der Waals surface area contributed by atoms with Crippen molar-refractivity contribution in [3.8, 4) is 0 Å². The van der Waals surface area contributed by atoms with Crippen molar-refractivity contribution >= 4 is 11.8 Å². The Morgan fingerprint density at radius 1 is 1.14 bits per heavy atom. The van der Waals surface area contributed by atoms with Gasteiger partial charge in [-0.05, 0) is 18.9 Å². The Bertz CT molecular complexity index is 503. The van der Waals surface area contributed by atoms with E-state index in [1.807, 2.05) is 12.3 Å². The summed E-state index contributed by atoms with van der Waals surface area (Å²) in [5.41, 5.74) is 0. The summed E-state index contributed by atoms with van der Waals surface area (Å²) in [6.07, 6.45) is 8.75. The number of anilines is 2. The van der Waals surface area contributed by atoms with Gasteiger partial charge in [0, 0.05) is 38.2 Å². The van der Waals surface area contributed by atoms with Crippen LogP contribution in [0.15, 0.2) is 12.3 Å². The molecular weight excluding hydrogens is 280 g/mol. The van der Waals surface area contributed by atoms with Gasteiger partial charge in [0.15, 0.2) is 5.79 Å². The Labute approximate surface area is 131 Å². The minimum atomic E-state index is -0.325. The van der Waals surface area contributed by atoms with Crippen LogP contribution >= 0.6 is 0 Å². The van der Waals surface area contributed by atoms with Crippen molar-refractivity contribution in [1.29, 1.82) is 0 Å². The zero-order valence-electron chi connectivity index (χ0n) is 13.0. The number of ether oxygens (including phenoxy) is 2. The molecule has 3 aliphatic rings. The number of nitrogens with zero attached hydrogens (tertiary/aromatic N) is 3. The van der Waals surface area contributed by atoms with Crippen molar-refractivity contribution in [2.75, 3.05) is 36.5 Å². The van der Waals surface area contributed by atoms with Crippen LogP contribution in [0.4, 0.5) is 11.8 Å². The summed E-state index contributed by atoms with van der Waals surface area (Å²) in [5.74, 6) is 1.44. The second kappa shape index (κ2) is 6.01. The van der Waals surface area contributed by atoms with Gasteiger partial charge in [0.1, 0.15) is 5.82 Å². The number of aromatic nitrogens is 2. The maximum absolute atomic E-state index is 5.78. The summed E-state index contributed by atoms with van der Waals surface area (Å²) in [4.78, 5) is 11.4. The van der Waals surface area contributed by atoms with Crippen LogP contribution in [-0.2, 0) is 9.47 Å². The summed E-state index contributed by atoms with van der Waals surface area (Å²) in [6.45, 7) is 3.28. The SMILES string of the molecule is c1cc(N2CCC3(CC2)OCCO3)nc(NC2CCCC2)n1. The molecule has 0 amide bonds. The first-order chi connectivity index (χ1) is 10.8. The minimum Gasteiger partial charge on any atom is -0.356 e. The van der Waals surface area contributed by atoms with Crippen molar-refractivity contribution in [3.63, 3.8) is 0 Å². The van der Waals surface area contributed by atoms with E-state index >= 15 is 0 Å². The molecule has 1 saturated carbocycles. The maximum atomic E-state index is 5.78. The predicted molar refractivity (Wildman–Crippen MR) is 84.0 cm³/mol. The van der Waals surface area contributed by atoms with E-state index in [1.165, 1.54) is 25.7 Å². The first kappa shape index (κ1) is 14.2. The molecule has 3 fully saturated rings. The highest BCUT2D eigenvalue weighted by Gasteiger charge is 2.40. The first-order valence-electron chi connectivity index (χ1n) is 8.45. The van der Waals surface area contributed by atoms with Gasteiger partial charge < -0.3 is 19.7 Å². The topological polar surface area (TPSA) is 59.5 Å². The smallest absolute Gasteiger partial charge is 0.224 e. The molecule has 2 aliphatic heterocycles. The molecule has 1 aliphatic carbocycles.